The summed E-state index contributed by atoms with van der Waals surface area (Å²) in [4.78, 5) is 11.9. The number of hydrogen-bond acceptors (Lipinski definition) is 3. The van der Waals surface area contributed by atoms with Gasteiger partial charge >= 0.3 is 0 Å². The van der Waals surface area contributed by atoms with Gasteiger partial charge < -0.3 is 10.4 Å². The molecule has 2 aromatic rings. The molecule has 1 amide bonds. The van der Waals surface area contributed by atoms with E-state index >= 15 is 0 Å². The third-order valence-corrected chi connectivity index (χ3v) is 2.86. The molecular weight excluding hydrogens is 287 g/mol. The summed E-state index contributed by atoms with van der Waals surface area (Å²) >= 11 is 0. The second-order valence-corrected chi connectivity index (χ2v) is 4.41. The topological polar surface area (TPSA) is 67.2 Å². The number of nitrogens with one attached hydrogen (secondary N) is 1. The zero-order valence-corrected chi connectivity index (χ0v) is 11.0. The normalized spacial score (nSPS) is 12.2. The highest BCUT2D eigenvalue weighted by Gasteiger charge is 2.19. The van der Waals surface area contributed by atoms with E-state index in [0.29, 0.717) is 0 Å². The molecule has 112 valence electrons. The average molecular weight is 299 g/mol. The van der Waals surface area contributed by atoms with E-state index in [0.717, 1.165) is 12.1 Å². The molecule has 2 rings (SSSR count). The number of aliphatic hydroxyl groups excluding tert-OH is 1. The van der Waals surface area contributed by atoms with E-state index in [-0.39, 0.29) is 11.1 Å². The largest absolute Gasteiger partial charge is 0.394 e. The molecule has 0 saturated carbocycles. The van der Waals surface area contributed by atoms with Crippen LogP contribution in [0.4, 0.5) is 13.2 Å². The minimum atomic E-state index is -1.60. The van der Waals surface area contributed by atoms with E-state index in [4.69, 9.17) is 0 Å². The fourth-order valence-electron chi connectivity index (χ4n) is 1.79. The second kappa shape index (κ2) is 5.96. The lowest BCUT2D eigenvalue weighted by Gasteiger charge is -2.16. The molecule has 2 N–H and O–H groups in total. The molecule has 5 nitrogen and oxygen atoms in total. The van der Waals surface area contributed by atoms with Crippen LogP contribution >= 0.6 is 0 Å². The van der Waals surface area contributed by atoms with Crippen LogP contribution in [0.2, 0.25) is 0 Å². The number of hydrogen-bond donors (Lipinski definition) is 2. The number of halogens is 3. The first-order valence-corrected chi connectivity index (χ1v) is 5.97. The van der Waals surface area contributed by atoms with Crippen molar-refractivity contribution in [2.45, 2.75) is 6.04 Å². The summed E-state index contributed by atoms with van der Waals surface area (Å²) in [5, 5.41) is 15.5. The Hall–Kier alpha value is -2.35. The number of amides is 1. The zero-order chi connectivity index (χ0) is 15.6. The minimum absolute atomic E-state index is 0.0776. The van der Waals surface area contributed by atoms with Crippen LogP contribution in [0.3, 0.4) is 0 Å². The number of benzene rings is 1. The lowest BCUT2D eigenvalue weighted by molar-refractivity contribution is 0.0915. The van der Waals surface area contributed by atoms with Gasteiger partial charge in [0.05, 0.1) is 24.4 Å². The van der Waals surface area contributed by atoms with Gasteiger partial charge in [-0.3, -0.25) is 9.48 Å². The van der Waals surface area contributed by atoms with Crippen molar-refractivity contribution >= 4 is 5.91 Å². The van der Waals surface area contributed by atoms with Gasteiger partial charge in [0.1, 0.15) is 0 Å². The number of carbonyl (C=O) groups excluding carboxylic acids is 1. The molecule has 0 spiro atoms. The molecule has 1 heterocycles. The molecule has 0 aliphatic heterocycles. The van der Waals surface area contributed by atoms with Gasteiger partial charge in [0, 0.05) is 13.2 Å². The summed E-state index contributed by atoms with van der Waals surface area (Å²) in [6, 6.07) is 0.383. The predicted octanol–water partition coefficient (Wildman–Crippen LogP) is 1.30. The van der Waals surface area contributed by atoms with Crippen LogP contribution < -0.4 is 5.32 Å². The Bertz CT molecular complexity index is 649. The molecule has 1 aromatic heterocycles. The SMILES string of the molecule is Cn1cc(C(=O)NC(CO)c2cc(F)c(F)c(F)c2)cn1. The van der Waals surface area contributed by atoms with Crippen molar-refractivity contribution in [2.24, 2.45) is 7.05 Å². The van der Waals surface area contributed by atoms with E-state index in [1.54, 1.807) is 7.05 Å². The van der Waals surface area contributed by atoms with E-state index in [2.05, 4.69) is 10.4 Å². The van der Waals surface area contributed by atoms with Gasteiger partial charge in [-0.25, -0.2) is 13.2 Å². The second-order valence-electron chi connectivity index (χ2n) is 4.41. The number of nitrogens with zero attached hydrogens (tertiary/aromatic N) is 2. The lowest BCUT2D eigenvalue weighted by atomic mass is 10.1. The summed E-state index contributed by atoms with van der Waals surface area (Å²) in [6.07, 6.45) is 2.74. The highest BCUT2D eigenvalue weighted by molar-refractivity contribution is 5.93. The van der Waals surface area contributed by atoms with Crippen molar-refractivity contribution in [3.63, 3.8) is 0 Å². The van der Waals surface area contributed by atoms with E-state index < -0.39 is 36.0 Å². The maximum absolute atomic E-state index is 13.2. The van der Waals surface area contributed by atoms with Crippen LogP contribution in [0.15, 0.2) is 24.5 Å². The number of aromatic nitrogens is 2. The molecule has 0 radical (unpaired) electrons. The first-order chi connectivity index (χ1) is 9.92. The molecular formula is C13H12F3N3O2. The monoisotopic (exact) mass is 299 g/mol. The number of aliphatic hydroxyl groups is 1. The van der Waals surface area contributed by atoms with Crippen molar-refractivity contribution in [2.75, 3.05) is 6.61 Å². The van der Waals surface area contributed by atoms with Crippen molar-refractivity contribution in [3.05, 3.63) is 53.1 Å². The van der Waals surface area contributed by atoms with Crippen LogP contribution in [0.1, 0.15) is 22.0 Å². The van der Waals surface area contributed by atoms with Gasteiger partial charge in [-0.2, -0.15) is 5.10 Å². The smallest absolute Gasteiger partial charge is 0.255 e. The molecule has 0 saturated heterocycles. The Morgan fingerprint density at radius 1 is 1.38 bits per heavy atom. The predicted molar refractivity (Wildman–Crippen MR) is 66.8 cm³/mol. The van der Waals surface area contributed by atoms with Crippen molar-refractivity contribution in [1.29, 1.82) is 0 Å². The Morgan fingerprint density at radius 2 is 2.00 bits per heavy atom. The molecule has 1 unspecified atom stereocenters. The Morgan fingerprint density at radius 3 is 2.48 bits per heavy atom. The highest BCUT2D eigenvalue weighted by atomic mass is 19.2. The van der Waals surface area contributed by atoms with Crippen LogP contribution in [0, 0.1) is 17.5 Å². The van der Waals surface area contributed by atoms with Crippen molar-refractivity contribution in [3.8, 4) is 0 Å². The van der Waals surface area contributed by atoms with Gasteiger partial charge in [-0.1, -0.05) is 0 Å². The number of carbonyl (C=O) groups is 1. The van der Waals surface area contributed by atoms with Crippen LogP contribution in [-0.2, 0) is 7.05 Å². The molecule has 0 aliphatic carbocycles. The summed E-state index contributed by atoms with van der Waals surface area (Å²) in [6.45, 7) is -0.601. The fraction of sp³-hybridized carbons (Fsp3) is 0.231. The van der Waals surface area contributed by atoms with Gasteiger partial charge in [0.25, 0.3) is 5.91 Å². The maximum Gasteiger partial charge on any atom is 0.255 e. The highest BCUT2D eigenvalue weighted by Crippen LogP contribution is 2.19. The van der Waals surface area contributed by atoms with Gasteiger partial charge in [-0.15, -0.1) is 0 Å². The lowest BCUT2D eigenvalue weighted by Crippen LogP contribution is -2.30. The van der Waals surface area contributed by atoms with Crippen LogP contribution in [0.25, 0.3) is 0 Å². The summed E-state index contributed by atoms with van der Waals surface area (Å²) in [7, 11) is 1.62. The van der Waals surface area contributed by atoms with Gasteiger partial charge in [0.2, 0.25) is 0 Å². The third-order valence-electron chi connectivity index (χ3n) is 2.86. The summed E-state index contributed by atoms with van der Waals surface area (Å²) in [5.41, 5.74) is 0.144. The van der Waals surface area contributed by atoms with Crippen molar-refractivity contribution < 1.29 is 23.1 Å². The van der Waals surface area contributed by atoms with Crippen LogP contribution in [-0.4, -0.2) is 27.4 Å². The quantitative estimate of drug-likeness (QED) is 0.836. The van der Waals surface area contributed by atoms with E-state index in [9.17, 15) is 23.1 Å². The summed E-state index contributed by atoms with van der Waals surface area (Å²) < 4.78 is 40.7. The van der Waals surface area contributed by atoms with Gasteiger partial charge in [0.15, 0.2) is 17.5 Å². The van der Waals surface area contributed by atoms with Crippen molar-refractivity contribution in [1.82, 2.24) is 15.1 Å². The average Bonchev–Trinajstić information content (AvgIpc) is 2.88. The molecule has 1 atom stereocenters. The van der Waals surface area contributed by atoms with Gasteiger partial charge in [-0.05, 0) is 17.7 Å². The van der Waals surface area contributed by atoms with Crippen LogP contribution in [0.5, 0.6) is 0 Å². The Kier molecular flexibility index (Phi) is 4.27. The Balaban J connectivity index is 2.22. The fourth-order valence-corrected chi connectivity index (χ4v) is 1.79. The molecule has 0 fully saturated rings. The van der Waals surface area contributed by atoms with E-state index in [1.165, 1.54) is 17.1 Å². The molecule has 21 heavy (non-hydrogen) atoms. The third kappa shape index (κ3) is 3.22. The molecule has 0 bridgehead atoms. The summed E-state index contributed by atoms with van der Waals surface area (Å²) in [5.74, 6) is -4.96. The molecule has 1 aromatic carbocycles. The molecule has 8 heteroatoms. The maximum atomic E-state index is 13.2. The number of aryl methyl sites for hydroxylation is 1. The first kappa shape index (κ1) is 15.0. The molecule has 0 aliphatic rings. The first-order valence-electron chi connectivity index (χ1n) is 5.97. The number of rotatable bonds is 4. The Labute approximate surface area is 118 Å². The van der Waals surface area contributed by atoms with E-state index in [1.807, 2.05) is 0 Å². The zero-order valence-electron chi connectivity index (χ0n) is 11.0. The standard InChI is InChI=1S/C13H12F3N3O2/c1-19-5-8(4-17-19)13(21)18-11(6-20)7-2-9(14)12(16)10(15)3-7/h2-5,11,20H,6H2,1H3,(H,18,21). The minimum Gasteiger partial charge on any atom is -0.394 e.